The van der Waals surface area contributed by atoms with Gasteiger partial charge in [-0.15, -0.1) is 0 Å². The molecule has 0 fully saturated rings. The molecule has 0 radical (unpaired) electrons. The van der Waals surface area contributed by atoms with E-state index in [0.29, 0.717) is 34.4 Å². The minimum atomic E-state index is -0.702. The molecule has 2 aromatic carbocycles. The molecule has 2 aromatic rings. The Morgan fingerprint density at radius 3 is 2.52 bits per heavy atom. The van der Waals surface area contributed by atoms with Crippen LogP contribution in [0.2, 0.25) is 10.0 Å². The lowest BCUT2D eigenvalue weighted by Gasteiger charge is -2.16. The number of aryl methyl sites for hydroxylation is 1. The molecule has 0 saturated carbocycles. The largest absolute Gasteiger partial charge is 0.492 e. The third-order valence-corrected chi connectivity index (χ3v) is 4.01. The Balaban J connectivity index is 2.25. The number of hydrogen-bond donors (Lipinski definition) is 1. The second-order valence-corrected chi connectivity index (χ2v) is 5.70. The quantitative estimate of drug-likeness (QED) is 0.840. The van der Waals surface area contributed by atoms with Crippen molar-refractivity contribution in [3.05, 3.63) is 63.1 Å². The van der Waals surface area contributed by atoms with Crippen molar-refractivity contribution in [2.45, 2.75) is 26.4 Å². The number of ether oxygens (including phenoxy) is 1. The molecule has 0 aliphatic carbocycles. The number of benzene rings is 2. The fraction of sp³-hybridized carbons (Fsp3) is 0.294. The molecular formula is C17H18Cl2O2. The molecule has 4 heteroatoms. The van der Waals surface area contributed by atoms with Gasteiger partial charge in [0.2, 0.25) is 0 Å². The lowest BCUT2D eigenvalue weighted by Crippen LogP contribution is -2.04. The summed E-state index contributed by atoms with van der Waals surface area (Å²) in [7, 11) is 0. The third kappa shape index (κ3) is 3.91. The Labute approximate surface area is 135 Å². The first kappa shape index (κ1) is 16.2. The Morgan fingerprint density at radius 1 is 1.14 bits per heavy atom. The smallest absolute Gasteiger partial charge is 0.139 e. The van der Waals surface area contributed by atoms with Crippen LogP contribution in [0, 0.1) is 6.92 Å². The second kappa shape index (κ2) is 7.17. The van der Waals surface area contributed by atoms with Crippen molar-refractivity contribution in [3.8, 4) is 5.75 Å². The van der Waals surface area contributed by atoms with Crippen molar-refractivity contribution in [3.63, 3.8) is 0 Å². The van der Waals surface area contributed by atoms with Gasteiger partial charge in [-0.2, -0.15) is 0 Å². The van der Waals surface area contributed by atoms with Crippen molar-refractivity contribution in [1.82, 2.24) is 0 Å². The topological polar surface area (TPSA) is 29.5 Å². The molecule has 0 bridgehead atoms. The average molecular weight is 325 g/mol. The lowest BCUT2D eigenvalue weighted by atomic mass is 9.98. The van der Waals surface area contributed by atoms with Gasteiger partial charge < -0.3 is 9.84 Å². The zero-order valence-electron chi connectivity index (χ0n) is 12.1. The summed E-state index contributed by atoms with van der Waals surface area (Å²) in [6.07, 6.45) is -0.205. The summed E-state index contributed by atoms with van der Waals surface area (Å²) in [4.78, 5) is 0. The monoisotopic (exact) mass is 324 g/mol. The second-order valence-electron chi connectivity index (χ2n) is 4.88. The van der Waals surface area contributed by atoms with E-state index in [2.05, 4.69) is 0 Å². The molecule has 1 atom stereocenters. The van der Waals surface area contributed by atoms with E-state index in [1.807, 2.05) is 38.1 Å². The van der Waals surface area contributed by atoms with Crippen molar-refractivity contribution < 1.29 is 9.84 Å². The van der Waals surface area contributed by atoms with Crippen molar-refractivity contribution in [2.75, 3.05) is 6.61 Å². The number of aliphatic hydroxyl groups excluding tert-OH is 1. The van der Waals surface area contributed by atoms with Crippen LogP contribution in [0.15, 0.2) is 36.4 Å². The maximum absolute atomic E-state index is 10.4. The van der Waals surface area contributed by atoms with Crippen LogP contribution in [0.4, 0.5) is 0 Å². The zero-order chi connectivity index (χ0) is 15.4. The van der Waals surface area contributed by atoms with Crippen LogP contribution in [0.1, 0.15) is 29.7 Å². The lowest BCUT2D eigenvalue weighted by molar-refractivity contribution is 0.178. The van der Waals surface area contributed by atoms with E-state index in [4.69, 9.17) is 27.9 Å². The molecule has 1 unspecified atom stereocenters. The van der Waals surface area contributed by atoms with E-state index in [0.717, 1.165) is 11.1 Å². The summed E-state index contributed by atoms with van der Waals surface area (Å²) in [6, 6.07) is 11.3. The number of hydrogen-bond acceptors (Lipinski definition) is 2. The van der Waals surface area contributed by atoms with Gasteiger partial charge in [0, 0.05) is 18.1 Å². The fourth-order valence-corrected chi connectivity index (χ4v) is 2.73. The van der Waals surface area contributed by atoms with E-state index in [1.54, 1.807) is 12.1 Å². The maximum Gasteiger partial charge on any atom is 0.139 e. The van der Waals surface area contributed by atoms with Gasteiger partial charge in [0.1, 0.15) is 5.75 Å². The van der Waals surface area contributed by atoms with Gasteiger partial charge in [0.05, 0.1) is 22.8 Å². The Hall–Kier alpha value is -1.22. The number of halogens is 2. The molecule has 0 aromatic heterocycles. The van der Waals surface area contributed by atoms with Crippen LogP contribution in [0.25, 0.3) is 0 Å². The van der Waals surface area contributed by atoms with E-state index in [1.165, 1.54) is 0 Å². The highest BCUT2D eigenvalue weighted by Gasteiger charge is 2.16. The van der Waals surface area contributed by atoms with Gasteiger partial charge in [-0.3, -0.25) is 0 Å². The summed E-state index contributed by atoms with van der Waals surface area (Å²) in [5.74, 6) is 0.538. The highest BCUT2D eigenvalue weighted by atomic mass is 35.5. The molecule has 112 valence electrons. The molecule has 0 spiro atoms. The van der Waals surface area contributed by atoms with Crippen LogP contribution in [0.3, 0.4) is 0 Å². The third-order valence-electron chi connectivity index (χ3n) is 3.38. The number of rotatable bonds is 5. The minimum absolute atomic E-state index is 0.458. The summed E-state index contributed by atoms with van der Waals surface area (Å²) >= 11 is 12.4. The SMILES string of the molecule is CCOc1cc(Cl)c(C(O)Cc2ccccc2C)cc1Cl. The van der Waals surface area contributed by atoms with Gasteiger partial charge in [-0.05, 0) is 31.0 Å². The number of aliphatic hydroxyl groups is 1. The maximum atomic E-state index is 10.4. The highest BCUT2D eigenvalue weighted by molar-refractivity contribution is 6.34. The first-order valence-corrected chi connectivity index (χ1v) is 7.62. The molecule has 1 N–H and O–H groups in total. The van der Waals surface area contributed by atoms with E-state index in [-0.39, 0.29) is 0 Å². The molecule has 0 aliphatic heterocycles. The molecule has 2 nitrogen and oxygen atoms in total. The predicted molar refractivity (Wildman–Crippen MR) is 87.5 cm³/mol. The fourth-order valence-electron chi connectivity index (χ4n) is 2.22. The zero-order valence-corrected chi connectivity index (χ0v) is 13.6. The minimum Gasteiger partial charge on any atom is -0.492 e. The predicted octanol–water partition coefficient (Wildman–Crippen LogP) is 4.98. The van der Waals surface area contributed by atoms with Crippen LogP contribution in [0.5, 0.6) is 5.75 Å². The van der Waals surface area contributed by atoms with Crippen LogP contribution < -0.4 is 4.74 Å². The summed E-state index contributed by atoms with van der Waals surface area (Å²) in [5.41, 5.74) is 2.85. The van der Waals surface area contributed by atoms with Gasteiger partial charge in [-0.1, -0.05) is 47.5 Å². The summed E-state index contributed by atoms with van der Waals surface area (Å²) in [5, 5.41) is 11.4. The van der Waals surface area contributed by atoms with E-state index < -0.39 is 6.10 Å². The summed E-state index contributed by atoms with van der Waals surface area (Å²) in [6.45, 7) is 4.42. The first-order valence-electron chi connectivity index (χ1n) is 6.87. The first-order chi connectivity index (χ1) is 10.0. The van der Waals surface area contributed by atoms with Crippen molar-refractivity contribution >= 4 is 23.2 Å². The normalized spacial score (nSPS) is 12.2. The highest BCUT2D eigenvalue weighted by Crippen LogP contribution is 2.35. The Bertz CT molecular complexity index is 626. The molecule has 2 rings (SSSR count). The molecule has 0 saturated heterocycles. The standard InChI is InChI=1S/C17H18Cl2O2/c1-3-21-17-10-14(18)13(9-15(17)19)16(20)8-12-7-5-4-6-11(12)2/h4-7,9-10,16,20H,3,8H2,1-2H3. The molecule has 0 amide bonds. The van der Waals surface area contributed by atoms with Crippen LogP contribution in [-0.4, -0.2) is 11.7 Å². The van der Waals surface area contributed by atoms with Gasteiger partial charge >= 0.3 is 0 Å². The van der Waals surface area contributed by atoms with Crippen LogP contribution in [-0.2, 0) is 6.42 Å². The van der Waals surface area contributed by atoms with Gasteiger partial charge in [0.25, 0.3) is 0 Å². The van der Waals surface area contributed by atoms with E-state index in [9.17, 15) is 5.11 Å². The molecular weight excluding hydrogens is 307 g/mol. The van der Waals surface area contributed by atoms with Crippen molar-refractivity contribution in [1.29, 1.82) is 0 Å². The van der Waals surface area contributed by atoms with Crippen molar-refractivity contribution in [2.24, 2.45) is 0 Å². The molecule has 21 heavy (non-hydrogen) atoms. The average Bonchev–Trinajstić information content (AvgIpc) is 2.45. The van der Waals surface area contributed by atoms with Gasteiger partial charge in [0.15, 0.2) is 0 Å². The summed E-state index contributed by atoms with van der Waals surface area (Å²) < 4.78 is 5.39. The molecule has 0 aliphatic rings. The Kier molecular flexibility index (Phi) is 5.51. The van der Waals surface area contributed by atoms with Crippen LogP contribution >= 0.6 is 23.2 Å². The Morgan fingerprint density at radius 2 is 1.86 bits per heavy atom. The van der Waals surface area contributed by atoms with Gasteiger partial charge in [-0.25, -0.2) is 0 Å². The molecule has 0 heterocycles. The van der Waals surface area contributed by atoms with E-state index >= 15 is 0 Å².